The predicted octanol–water partition coefficient (Wildman–Crippen LogP) is 2.30. The molecule has 0 aromatic carbocycles. The molecule has 0 aliphatic carbocycles. The van der Waals surface area contributed by atoms with Crippen molar-refractivity contribution < 1.29 is 24.0 Å². The van der Waals surface area contributed by atoms with Crippen LogP contribution >= 0.6 is 0 Å². The molecule has 2 aromatic heterocycles. The summed E-state index contributed by atoms with van der Waals surface area (Å²) < 4.78 is 12.4. The van der Waals surface area contributed by atoms with E-state index in [0.717, 1.165) is 10.8 Å². The number of nitrogens with one attached hydrogen (secondary N) is 2. The number of ether oxygens (including phenoxy) is 2. The molecule has 0 aliphatic heterocycles. The Bertz CT molecular complexity index is 1380. The van der Waals surface area contributed by atoms with Crippen LogP contribution in [-0.4, -0.2) is 59.2 Å². The molecule has 0 saturated carbocycles. The van der Waals surface area contributed by atoms with Gasteiger partial charge in [0, 0.05) is 12.1 Å². The highest BCUT2D eigenvalue weighted by Gasteiger charge is 2.23. The number of nitrogen functional groups attached to an aromatic ring is 1. The van der Waals surface area contributed by atoms with Crippen molar-refractivity contribution in [3.8, 4) is 0 Å². The SMILES string of the molecule is CC(C)Nc1ncc(N)c(=O)n1CC(=O)OC(C)(C)C.CC(C)Nc1ncc([N+](=O)[O-])c(=O)n1CC(=O)OC(C)(C)C. The number of nitrogens with zero attached hydrogens (tertiary/aromatic N) is 5. The van der Waals surface area contributed by atoms with Gasteiger partial charge in [0.1, 0.15) is 36.2 Å². The van der Waals surface area contributed by atoms with E-state index in [9.17, 15) is 29.3 Å². The van der Waals surface area contributed by atoms with Crippen LogP contribution in [0.4, 0.5) is 23.3 Å². The van der Waals surface area contributed by atoms with Gasteiger partial charge in [-0.2, -0.15) is 0 Å². The lowest BCUT2D eigenvalue weighted by Crippen LogP contribution is -2.34. The molecule has 0 fully saturated rings. The maximum Gasteiger partial charge on any atom is 0.352 e. The lowest BCUT2D eigenvalue weighted by Gasteiger charge is -2.21. The van der Waals surface area contributed by atoms with Crippen LogP contribution in [0.5, 0.6) is 0 Å². The number of anilines is 3. The molecule has 234 valence electrons. The Kier molecular flexibility index (Phi) is 12.2. The van der Waals surface area contributed by atoms with Crippen molar-refractivity contribution >= 4 is 35.2 Å². The first kappa shape index (κ1) is 35.5. The average molecular weight is 595 g/mol. The average Bonchev–Trinajstić information content (AvgIpc) is 2.78. The second-order valence-corrected chi connectivity index (χ2v) is 11.8. The zero-order valence-electron chi connectivity index (χ0n) is 25.8. The van der Waals surface area contributed by atoms with Gasteiger partial charge in [0.15, 0.2) is 0 Å². The minimum Gasteiger partial charge on any atom is -0.459 e. The zero-order valence-corrected chi connectivity index (χ0v) is 25.8. The number of esters is 2. The minimum atomic E-state index is -0.908. The first-order valence-corrected chi connectivity index (χ1v) is 13.2. The van der Waals surface area contributed by atoms with Gasteiger partial charge in [0.2, 0.25) is 11.9 Å². The summed E-state index contributed by atoms with van der Waals surface area (Å²) >= 11 is 0. The quantitative estimate of drug-likeness (QED) is 0.216. The van der Waals surface area contributed by atoms with Crippen molar-refractivity contribution in [1.29, 1.82) is 0 Å². The van der Waals surface area contributed by atoms with Crippen molar-refractivity contribution in [2.24, 2.45) is 0 Å². The van der Waals surface area contributed by atoms with E-state index in [1.165, 1.54) is 10.8 Å². The van der Waals surface area contributed by atoms with Crippen LogP contribution < -0.4 is 27.5 Å². The Morgan fingerprint density at radius 2 is 1.24 bits per heavy atom. The molecule has 16 nitrogen and oxygen atoms in total. The van der Waals surface area contributed by atoms with E-state index in [2.05, 4.69) is 20.6 Å². The highest BCUT2D eigenvalue weighted by atomic mass is 16.6. The molecule has 0 spiro atoms. The molecule has 2 heterocycles. The standard InChI is InChI=1S/C13H20N4O5.C13H22N4O3/c1-8(2)15-12-14-6-9(17(20)21)11(19)16(12)7-10(18)22-13(3,4)5;1-8(2)16-12-15-6-9(14)11(19)17(12)7-10(18)20-13(3,4)5/h6,8H,7H2,1-5H3,(H,14,15);6,8H,7,14H2,1-5H3,(H,15,16). The van der Waals surface area contributed by atoms with E-state index >= 15 is 0 Å². The van der Waals surface area contributed by atoms with Crippen LogP contribution in [-0.2, 0) is 32.2 Å². The van der Waals surface area contributed by atoms with Crippen molar-refractivity contribution in [1.82, 2.24) is 19.1 Å². The van der Waals surface area contributed by atoms with E-state index in [1.54, 1.807) is 41.5 Å². The smallest absolute Gasteiger partial charge is 0.352 e. The molecule has 0 aliphatic rings. The molecule has 2 aromatic rings. The maximum atomic E-state index is 12.1. The molecule has 0 bridgehead atoms. The van der Waals surface area contributed by atoms with Gasteiger partial charge < -0.3 is 25.8 Å². The molecular weight excluding hydrogens is 552 g/mol. The maximum absolute atomic E-state index is 12.1. The third-order valence-electron chi connectivity index (χ3n) is 4.55. The van der Waals surface area contributed by atoms with E-state index in [4.69, 9.17) is 15.2 Å². The third-order valence-corrected chi connectivity index (χ3v) is 4.55. The Labute approximate surface area is 243 Å². The Hall–Kier alpha value is -4.50. The number of hydrogen-bond donors (Lipinski definition) is 3. The summed E-state index contributed by atoms with van der Waals surface area (Å²) in [6, 6.07) is -0.00588. The number of aromatic nitrogens is 4. The summed E-state index contributed by atoms with van der Waals surface area (Å²) in [5.74, 6) is -0.816. The number of hydrogen-bond acceptors (Lipinski definition) is 13. The van der Waals surface area contributed by atoms with Crippen LogP contribution in [0, 0.1) is 10.1 Å². The van der Waals surface area contributed by atoms with Crippen LogP contribution in [0.3, 0.4) is 0 Å². The normalized spacial score (nSPS) is 11.4. The third kappa shape index (κ3) is 11.9. The largest absolute Gasteiger partial charge is 0.459 e. The van der Waals surface area contributed by atoms with Gasteiger partial charge in [-0.25, -0.2) is 9.97 Å². The first-order valence-electron chi connectivity index (χ1n) is 13.2. The van der Waals surface area contributed by atoms with Crippen LogP contribution in [0.2, 0.25) is 0 Å². The summed E-state index contributed by atoms with van der Waals surface area (Å²) in [5.41, 5.74) is 2.13. The summed E-state index contributed by atoms with van der Waals surface area (Å²) in [7, 11) is 0. The molecule has 4 N–H and O–H groups in total. The van der Waals surface area contributed by atoms with E-state index in [1.807, 2.05) is 27.7 Å². The van der Waals surface area contributed by atoms with E-state index in [0.29, 0.717) is 5.95 Å². The highest BCUT2D eigenvalue weighted by Crippen LogP contribution is 2.12. The van der Waals surface area contributed by atoms with Gasteiger partial charge in [-0.1, -0.05) is 0 Å². The molecule has 42 heavy (non-hydrogen) atoms. The summed E-state index contributed by atoms with van der Waals surface area (Å²) in [6.07, 6.45) is 2.15. The lowest BCUT2D eigenvalue weighted by molar-refractivity contribution is -0.386. The topological polar surface area (TPSA) is 216 Å². The Morgan fingerprint density at radius 3 is 1.60 bits per heavy atom. The van der Waals surface area contributed by atoms with Crippen molar-refractivity contribution in [2.45, 2.75) is 106 Å². The van der Waals surface area contributed by atoms with Crippen LogP contribution in [0.15, 0.2) is 22.0 Å². The van der Waals surface area contributed by atoms with Gasteiger partial charge in [-0.15, -0.1) is 0 Å². The van der Waals surface area contributed by atoms with Gasteiger partial charge in [-0.3, -0.25) is 38.4 Å². The number of nitrogens with two attached hydrogens (primary N) is 1. The van der Waals surface area contributed by atoms with Gasteiger partial charge in [0.25, 0.3) is 5.56 Å². The van der Waals surface area contributed by atoms with Crippen LogP contribution in [0.25, 0.3) is 0 Å². The van der Waals surface area contributed by atoms with Crippen LogP contribution in [0.1, 0.15) is 69.2 Å². The fourth-order valence-corrected chi connectivity index (χ4v) is 3.16. The first-order chi connectivity index (χ1) is 19.1. The number of rotatable bonds is 9. The second-order valence-electron chi connectivity index (χ2n) is 11.8. The minimum absolute atomic E-state index is 0.0112. The lowest BCUT2D eigenvalue weighted by atomic mass is 10.2. The zero-order chi connectivity index (χ0) is 32.6. The van der Waals surface area contributed by atoms with Gasteiger partial charge in [-0.05, 0) is 69.2 Å². The molecular formula is C26H42N8O8. The monoisotopic (exact) mass is 594 g/mol. The van der Waals surface area contributed by atoms with Gasteiger partial charge in [0.05, 0.1) is 11.1 Å². The molecule has 2 rings (SSSR count). The molecule has 16 heteroatoms. The Balaban J connectivity index is 0.000000422. The number of carbonyl (C=O) groups is 2. The number of nitro groups is 1. The Morgan fingerprint density at radius 1 is 0.857 bits per heavy atom. The summed E-state index contributed by atoms with van der Waals surface area (Å²) in [6.45, 7) is 17.1. The fraction of sp³-hybridized carbons (Fsp3) is 0.615. The highest BCUT2D eigenvalue weighted by molar-refractivity contribution is 5.71. The fourth-order valence-electron chi connectivity index (χ4n) is 3.16. The molecule has 0 amide bonds. The second kappa shape index (κ2) is 14.4. The van der Waals surface area contributed by atoms with Crippen molar-refractivity contribution in [2.75, 3.05) is 16.4 Å². The molecule has 0 unspecified atom stereocenters. The molecule has 0 saturated heterocycles. The summed E-state index contributed by atoms with van der Waals surface area (Å²) in [5, 5.41) is 16.7. The van der Waals surface area contributed by atoms with Gasteiger partial charge >= 0.3 is 23.2 Å². The van der Waals surface area contributed by atoms with Crippen molar-refractivity contribution in [3.05, 3.63) is 43.2 Å². The van der Waals surface area contributed by atoms with Crippen molar-refractivity contribution in [3.63, 3.8) is 0 Å². The molecule has 0 atom stereocenters. The number of carbonyl (C=O) groups excluding carboxylic acids is 2. The van der Waals surface area contributed by atoms with E-state index in [-0.39, 0.29) is 30.3 Å². The summed E-state index contributed by atoms with van der Waals surface area (Å²) in [4.78, 5) is 65.8. The predicted molar refractivity (Wildman–Crippen MR) is 157 cm³/mol. The molecule has 0 radical (unpaired) electrons. The van der Waals surface area contributed by atoms with E-state index < -0.39 is 51.4 Å².